The van der Waals surface area contributed by atoms with Gasteiger partial charge in [-0.15, -0.1) is 11.3 Å². The number of thiophene rings is 1. The highest BCUT2D eigenvalue weighted by Gasteiger charge is 2.35. The largest absolute Gasteiger partial charge is 0.310 e. The maximum absolute atomic E-state index is 2.43. The highest BCUT2D eigenvalue weighted by Crippen LogP contribution is 2.47. The lowest BCUT2D eigenvalue weighted by atomic mass is 9.65. The minimum Gasteiger partial charge on any atom is -0.310 e. The summed E-state index contributed by atoms with van der Waals surface area (Å²) in [6.45, 7) is 0. The van der Waals surface area contributed by atoms with E-state index in [1.807, 2.05) is 11.3 Å². The maximum atomic E-state index is 2.43. The average Bonchev–Trinajstić information content (AvgIpc) is 3.83. The van der Waals surface area contributed by atoms with Crippen LogP contribution in [0.4, 0.5) is 17.1 Å². The van der Waals surface area contributed by atoms with Crippen molar-refractivity contribution >= 4 is 70.4 Å². The summed E-state index contributed by atoms with van der Waals surface area (Å²) in [5.74, 6) is 0. The molecule has 274 valence electrons. The summed E-state index contributed by atoms with van der Waals surface area (Å²) in [5.41, 5.74) is 12.4. The minimum absolute atomic E-state index is 0.0633. The van der Waals surface area contributed by atoms with E-state index < -0.39 is 0 Å². The monoisotopic (exact) mass is 750 g/mol. The van der Waals surface area contributed by atoms with E-state index in [1.54, 1.807) is 0 Å². The second-order valence-electron chi connectivity index (χ2n) is 15.6. The fourth-order valence-corrected chi connectivity index (χ4v) is 10.8. The van der Waals surface area contributed by atoms with Crippen LogP contribution in [0.25, 0.3) is 58.8 Å². The summed E-state index contributed by atoms with van der Waals surface area (Å²) in [5, 5.41) is 5.18. The molecule has 0 saturated heterocycles. The minimum atomic E-state index is 0.0633. The molecule has 10 aromatic rings. The van der Waals surface area contributed by atoms with Crippen molar-refractivity contribution in [1.29, 1.82) is 0 Å². The van der Waals surface area contributed by atoms with E-state index in [1.165, 1.54) is 113 Å². The lowest BCUT2D eigenvalue weighted by Gasteiger charge is -2.39. The smallest absolute Gasteiger partial charge is 0.0547 e. The first-order chi connectivity index (χ1) is 28.2. The first-order valence-corrected chi connectivity index (χ1v) is 21.1. The predicted molar refractivity (Wildman–Crippen MR) is 244 cm³/mol. The number of nitrogens with zero attached hydrogens (tertiary/aromatic N) is 2. The summed E-state index contributed by atoms with van der Waals surface area (Å²) in [6, 6.07) is 72.1. The molecule has 8 aromatic carbocycles. The van der Waals surface area contributed by atoms with Crippen molar-refractivity contribution < 1.29 is 0 Å². The van der Waals surface area contributed by atoms with Gasteiger partial charge < -0.3 is 9.47 Å². The molecule has 0 bridgehead atoms. The van der Waals surface area contributed by atoms with Gasteiger partial charge in [0.15, 0.2) is 0 Å². The molecule has 3 heteroatoms. The second-order valence-corrected chi connectivity index (χ2v) is 16.7. The van der Waals surface area contributed by atoms with Gasteiger partial charge in [0.2, 0.25) is 0 Å². The molecule has 0 atom stereocenters. The van der Waals surface area contributed by atoms with E-state index >= 15 is 0 Å². The van der Waals surface area contributed by atoms with Gasteiger partial charge in [-0.2, -0.15) is 0 Å². The third-order valence-electron chi connectivity index (χ3n) is 12.5. The van der Waals surface area contributed by atoms with Crippen molar-refractivity contribution in [3.8, 4) is 16.8 Å². The Bertz CT molecular complexity index is 3020. The lowest BCUT2D eigenvalue weighted by Crippen LogP contribution is -2.30. The number of anilines is 3. The lowest BCUT2D eigenvalue weighted by molar-refractivity contribution is 0.346. The number of aromatic nitrogens is 1. The Morgan fingerprint density at radius 2 is 0.965 bits per heavy atom. The SMILES string of the molecule is c1ccc(-n2c3ccccc3c3ccc(-c4ccc(N(c5ccc(C6(c7ccccc7)CCCCC6)cc5)c5ccc6c(c5)sc5ccccc56)cc4)cc32)cc1. The summed E-state index contributed by atoms with van der Waals surface area (Å²) in [6.07, 6.45) is 6.25. The quantitative estimate of drug-likeness (QED) is 0.157. The number of hydrogen-bond acceptors (Lipinski definition) is 2. The van der Waals surface area contributed by atoms with Gasteiger partial charge in [0, 0.05) is 59.1 Å². The third kappa shape index (κ3) is 5.76. The molecule has 0 amide bonds. The van der Waals surface area contributed by atoms with Crippen LogP contribution >= 0.6 is 11.3 Å². The van der Waals surface area contributed by atoms with Crippen LogP contribution in [0.2, 0.25) is 0 Å². The summed E-state index contributed by atoms with van der Waals surface area (Å²) in [7, 11) is 0. The maximum Gasteiger partial charge on any atom is 0.0547 e. The highest BCUT2D eigenvalue weighted by molar-refractivity contribution is 7.25. The van der Waals surface area contributed by atoms with Crippen LogP contribution in [-0.4, -0.2) is 4.57 Å². The molecule has 0 unspecified atom stereocenters. The van der Waals surface area contributed by atoms with Crippen molar-refractivity contribution in [2.75, 3.05) is 4.90 Å². The van der Waals surface area contributed by atoms with E-state index in [0.717, 1.165) is 5.69 Å². The third-order valence-corrected chi connectivity index (χ3v) is 13.6. The Kier molecular flexibility index (Phi) is 8.29. The average molecular weight is 751 g/mol. The van der Waals surface area contributed by atoms with E-state index in [9.17, 15) is 0 Å². The Morgan fingerprint density at radius 1 is 0.404 bits per heavy atom. The molecule has 1 saturated carbocycles. The molecule has 2 aromatic heterocycles. The molecular formula is C54H42N2S. The summed E-state index contributed by atoms with van der Waals surface area (Å²) in [4.78, 5) is 2.43. The van der Waals surface area contributed by atoms with Crippen LogP contribution in [0.3, 0.4) is 0 Å². The van der Waals surface area contributed by atoms with Crippen LogP contribution in [0.5, 0.6) is 0 Å². The van der Waals surface area contributed by atoms with E-state index in [4.69, 9.17) is 0 Å². The van der Waals surface area contributed by atoms with E-state index in [-0.39, 0.29) is 5.41 Å². The summed E-state index contributed by atoms with van der Waals surface area (Å²) < 4.78 is 5.03. The molecule has 1 fully saturated rings. The molecule has 2 heterocycles. The van der Waals surface area contributed by atoms with Crippen LogP contribution < -0.4 is 4.90 Å². The topological polar surface area (TPSA) is 8.17 Å². The van der Waals surface area contributed by atoms with Gasteiger partial charge in [-0.3, -0.25) is 0 Å². The Balaban J connectivity index is 1.01. The molecule has 0 N–H and O–H groups in total. The highest BCUT2D eigenvalue weighted by atomic mass is 32.1. The van der Waals surface area contributed by atoms with Crippen LogP contribution in [-0.2, 0) is 5.41 Å². The fraction of sp³-hybridized carbons (Fsp3) is 0.111. The normalized spacial score (nSPS) is 14.1. The van der Waals surface area contributed by atoms with Crippen molar-refractivity contribution in [3.05, 3.63) is 205 Å². The van der Waals surface area contributed by atoms with Crippen molar-refractivity contribution in [2.45, 2.75) is 37.5 Å². The van der Waals surface area contributed by atoms with Crippen LogP contribution in [0.1, 0.15) is 43.2 Å². The van der Waals surface area contributed by atoms with Crippen LogP contribution in [0.15, 0.2) is 194 Å². The van der Waals surface area contributed by atoms with Crippen molar-refractivity contribution in [3.63, 3.8) is 0 Å². The molecule has 1 aliphatic carbocycles. The predicted octanol–water partition coefficient (Wildman–Crippen LogP) is 15.5. The zero-order chi connectivity index (χ0) is 37.8. The standard InChI is InChI=1S/C54H42N2S/c1-4-14-40(15-5-1)54(34-12-3-13-35-54)41-25-29-44(30-26-41)55(45-31-33-49-48-19-9-11-21-52(48)57-53(49)37-45)43-27-22-38(23-28-43)39-24-32-47-46-18-8-10-20-50(46)56(51(47)36-39)42-16-6-2-7-17-42/h1-2,4-11,14-33,36-37H,3,12-13,34-35H2. The Hall–Kier alpha value is -6.42. The van der Waals surface area contributed by atoms with Gasteiger partial charge in [0.25, 0.3) is 0 Å². The first-order valence-electron chi connectivity index (χ1n) is 20.3. The van der Waals surface area contributed by atoms with E-state index in [2.05, 4.69) is 204 Å². The Labute approximate surface area is 337 Å². The Morgan fingerprint density at radius 3 is 1.74 bits per heavy atom. The van der Waals surface area contributed by atoms with Gasteiger partial charge in [0.05, 0.1) is 11.0 Å². The number of fused-ring (bicyclic) bond motifs is 6. The van der Waals surface area contributed by atoms with Crippen LogP contribution in [0, 0.1) is 0 Å². The van der Waals surface area contributed by atoms with Gasteiger partial charge in [0.1, 0.15) is 0 Å². The number of benzene rings is 8. The molecule has 11 rings (SSSR count). The number of hydrogen-bond donors (Lipinski definition) is 0. The molecule has 0 aliphatic heterocycles. The summed E-state index contributed by atoms with van der Waals surface area (Å²) >= 11 is 1.87. The fourth-order valence-electron chi connectivity index (χ4n) is 9.70. The van der Waals surface area contributed by atoms with Crippen molar-refractivity contribution in [2.24, 2.45) is 0 Å². The zero-order valence-corrected chi connectivity index (χ0v) is 32.6. The van der Waals surface area contributed by atoms with Gasteiger partial charge in [-0.05, 0) is 102 Å². The molecule has 0 spiro atoms. The molecule has 0 radical (unpaired) electrons. The van der Waals surface area contributed by atoms with E-state index in [0.29, 0.717) is 0 Å². The first kappa shape index (κ1) is 33.9. The van der Waals surface area contributed by atoms with Gasteiger partial charge in [-0.1, -0.05) is 147 Å². The number of rotatable bonds is 7. The number of para-hydroxylation sites is 2. The molecular weight excluding hydrogens is 709 g/mol. The molecule has 2 nitrogen and oxygen atoms in total. The van der Waals surface area contributed by atoms with Gasteiger partial charge >= 0.3 is 0 Å². The molecule has 57 heavy (non-hydrogen) atoms. The van der Waals surface area contributed by atoms with Gasteiger partial charge in [-0.25, -0.2) is 0 Å². The zero-order valence-electron chi connectivity index (χ0n) is 31.8. The molecule has 1 aliphatic rings. The van der Waals surface area contributed by atoms with Crippen molar-refractivity contribution in [1.82, 2.24) is 4.57 Å². The second kappa shape index (κ2) is 14.0.